The van der Waals surface area contributed by atoms with E-state index in [4.69, 9.17) is 16.3 Å². The molecule has 0 atom stereocenters. The second kappa shape index (κ2) is 6.59. The van der Waals surface area contributed by atoms with Crippen molar-refractivity contribution in [2.75, 3.05) is 11.9 Å². The van der Waals surface area contributed by atoms with Crippen LogP contribution in [-0.4, -0.2) is 12.5 Å². The molecule has 2 aromatic rings. The SMILES string of the molecule is Cc1cc(OCC(=O)Nc2ccc(F)cc2)cc(C)c1Cl. The van der Waals surface area contributed by atoms with E-state index >= 15 is 0 Å². The van der Waals surface area contributed by atoms with Gasteiger partial charge in [0.25, 0.3) is 5.91 Å². The van der Waals surface area contributed by atoms with Crippen molar-refractivity contribution < 1.29 is 13.9 Å². The highest BCUT2D eigenvalue weighted by Crippen LogP contribution is 2.25. The van der Waals surface area contributed by atoms with E-state index in [0.29, 0.717) is 16.5 Å². The molecule has 0 fully saturated rings. The van der Waals surface area contributed by atoms with Gasteiger partial charge in [0.2, 0.25) is 0 Å². The molecule has 0 spiro atoms. The van der Waals surface area contributed by atoms with Crippen LogP contribution in [0, 0.1) is 19.7 Å². The van der Waals surface area contributed by atoms with Crippen LogP contribution < -0.4 is 10.1 Å². The average Bonchev–Trinajstić information content (AvgIpc) is 2.45. The molecule has 0 bridgehead atoms. The zero-order valence-corrected chi connectivity index (χ0v) is 12.5. The lowest BCUT2D eigenvalue weighted by molar-refractivity contribution is -0.118. The third kappa shape index (κ3) is 4.20. The van der Waals surface area contributed by atoms with Crippen LogP contribution in [0.2, 0.25) is 5.02 Å². The van der Waals surface area contributed by atoms with E-state index in [1.807, 2.05) is 13.8 Å². The minimum Gasteiger partial charge on any atom is -0.484 e. The summed E-state index contributed by atoms with van der Waals surface area (Å²) >= 11 is 6.07. The molecule has 110 valence electrons. The summed E-state index contributed by atoms with van der Waals surface area (Å²) in [6.07, 6.45) is 0. The topological polar surface area (TPSA) is 38.3 Å². The Hall–Kier alpha value is -2.07. The monoisotopic (exact) mass is 307 g/mol. The van der Waals surface area contributed by atoms with Gasteiger partial charge in [-0.25, -0.2) is 4.39 Å². The van der Waals surface area contributed by atoms with E-state index in [1.54, 1.807) is 12.1 Å². The first-order chi connectivity index (χ1) is 9.95. The smallest absolute Gasteiger partial charge is 0.262 e. The first kappa shape index (κ1) is 15.3. The maximum absolute atomic E-state index is 12.8. The summed E-state index contributed by atoms with van der Waals surface area (Å²) in [5.74, 6) is -0.0770. The lowest BCUT2D eigenvalue weighted by Crippen LogP contribution is -2.20. The molecule has 0 unspecified atom stereocenters. The number of hydrogen-bond donors (Lipinski definition) is 1. The third-order valence-electron chi connectivity index (χ3n) is 2.91. The average molecular weight is 308 g/mol. The molecule has 0 heterocycles. The predicted molar refractivity (Wildman–Crippen MR) is 81.5 cm³/mol. The standard InChI is InChI=1S/C16H15ClFNO2/c1-10-7-14(8-11(2)16(10)17)21-9-15(20)19-13-5-3-12(18)4-6-13/h3-8H,9H2,1-2H3,(H,19,20). The number of ether oxygens (including phenoxy) is 1. The van der Waals surface area contributed by atoms with Gasteiger partial charge in [-0.3, -0.25) is 4.79 Å². The molecule has 21 heavy (non-hydrogen) atoms. The van der Waals surface area contributed by atoms with Crippen LogP contribution in [0.3, 0.4) is 0 Å². The highest BCUT2D eigenvalue weighted by Gasteiger charge is 2.07. The zero-order valence-electron chi connectivity index (χ0n) is 11.7. The van der Waals surface area contributed by atoms with E-state index in [0.717, 1.165) is 11.1 Å². The Morgan fingerprint density at radius 1 is 1.19 bits per heavy atom. The Kier molecular flexibility index (Phi) is 4.81. The van der Waals surface area contributed by atoms with Gasteiger partial charge >= 0.3 is 0 Å². The number of amides is 1. The molecule has 0 aliphatic rings. The van der Waals surface area contributed by atoms with Gasteiger partial charge < -0.3 is 10.1 Å². The summed E-state index contributed by atoms with van der Waals surface area (Å²) < 4.78 is 18.2. The fourth-order valence-corrected chi connectivity index (χ4v) is 1.98. The van der Waals surface area contributed by atoms with Gasteiger partial charge in [-0.2, -0.15) is 0 Å². The molecule has 0 saturated heterocycles. The molecule has 5 heteroatoms. The summed E-state index contributed by atoms with van der Waals surface area (Å²) in [7, 11) is 0. The van der Waals surface area contributed by atoms with E-state index in [1.165, 1.54) is 24.3 Å². The third-order valence-corrected chi connectivity index (χ3v) is 3.50. The first-order valence-electron chi connectivity index (χ1n) is 6.40. The highest BCUT2D eigenvalue weighted by molar-refractivity contribution is 6.32. The first-order valence-corrected chi connectivity index (χ1v) is 6.78. The van der Waals surface area contributed by atoms with Crippen molar-refractivity contribution in [3.8, 4) is 5.75 Å². The molecule has 0 aliphatic carbocycles. The van der Waals surface area contributed by atoms with Crippen molar-refractivity contribution in [3.05, 3.63) is 58.4 Å². The van der Waals surface area contributed by atoms with Crippen molar-refractivity contribution in [3.63, 3.8) is 0 Å². The Morgan fingerprint density at radius 2 is 1.76 bits per heavy atom. The van der Waals surface area contributed by atoms with Gasteiger partial charge in [0.15, 0.2) is 6.61 Å². The highest BCUT2D eigenvalue weighted by atomic mass is 35.5. The summed E-state index contributed by atoms with van der Waals surface area (Å²) in [4.78, 5) is 11.8. The van der Waals surface area contributed by atoms with Gasteiger partial charge in [0.1, 0.15) is 11.6 Å². The molecule has 3 nitrogen and oxygen atoms in total. The van der Waals surface area contributed by atoms with Crippen molar-refractivity contribution in [1.29, 1.82) is 0 Å². The molecule has 0 radical (unpaired) electrons. The number of halogens is 2. The largest absolute Gasteiger partial charge is 0.484 e. The van der Waals surface area contributed by atoms with Crippen molar-refractivity contribution in [2.45, 2.75) is 13.8 Å². The van der Waals surface area contributed by atoms with Crippen molar-refractivity contribution in [1.82, 2.24) is 0 Å². The van der Waals surface area contributed by atoms with E-state index < -0.39 is 0 Å². The van der Waals surface area contributed by atoms with E-state index in [9.17, 15) is 9.18 Å². The van der Waals surface area contributed by atoms with Crippen LogP contribution >= 0.6 is 11.6 Å². The number of carbonyl (C=O) groups excluding carboxylic acids is 1. The van der Waals surface area contributed by atoms with Gasteiger partial charge in [0.05, 0.1) is 0 Å². The molecule has 0 aliphatic heterocycles. The normalized spacial score (nSPS) is 10.3. The van der Waals surface area contributed by atoms with Gasteiger partial charge in [-0.15, -0.1) is 0 Å². The Bertz CT molecular complexity index is 633. The number of aryl methyl sites for hydroxylation is 2. The summed E-state index contributed by atoms with van der Waals surface area (Å²) in [6.45, 7) is 3.62. The van der Waals surface area contributed by atoms with Gasteiger partial charge in [-0.05, 0) is 61.4 Å². The second-order valence-corrected chi connectivity index (χ2v) is 5.09. The van der Waals surface area contributed by atoms with E-state index in [-0.39, 0.29) is 18.3 Å². The summed E-state index contributed by atoms with van der Waals surface area (Å²) in [5, 5.41) is 3.32. The molecule has 2 aromatic carbocycles. The fraction of sp³-hybridized carbons (Fsp3) is 0.188. The lowest BCUT2D eigenvalue weighted by Gasteiger charge is -2.10. The maximum atomic E-state index is 12.8. The molecule has 1 N–H and O–H groups in total. The quantitative estimate of drug-likeness (QED) is 0.923. The minimum absolute atomic E-state index is 0.127. The summed E-state index contributed by atoms with van der Waals surface area (Å²) in [6, 6.07) is 9.10. The van der Waals surface area contributed by atoms with Crippen molar-refractivity contribution in [2.24, 2.45) is 0 Å². The number of rotatable bonds is 4. The van der Waals surface area contributed by atoms with Crippen LogP contribution in [-0.2, 0) is 4.79 Å². The molecule has 0 saturated carbocycles. The fourth-order valence-electron chi connectivity index (χ4n) is 1.87. The van der Waals surface area contributed by atoms with Gasteiger partial charge in [0, 0.05) is 10.7 Å². The molecule has 2 rings (SSSR count). The Balaban J connectivity index is 1.93. The molecular formula is C16H15ClFNO2. The van der Waals surface area contributed by atoms with Crippen molar-refractivity contribution >= 4 is 23.2 Å². The number of anilines is 1. The van der Waals surface area contributed by atoms with E-state index in [2.05, 4.69) is 5.32 Å². The summed E-state index contributed by atoms with van der Waals surface area (Å²) in [5.41, 5.74) is 2.31. The van der Waals surface area contributed by atoms with Crippen LogP contribution in [0.5, 0.6) is 5.75 Å². The molecular weight excluding hydrogens is 293 g/mol. The minimum atomic E-state index is -0.351. The Morgan fingerprint density at radius 3 is 2.33 bits per heavy atom. The van der Waals surface area contributed by atoms with Crippen LogP contribution in [0.4, 0.5) is 10.1 Å². The number of carbonyl (C=O) groups is 1. The second-order valence-electron chi connectivity index (χ2n) is 4.71. The van der Waals surface area contributed by atoms with Crippen LogP contribution in [0.1, 0.15) is 11.1 Å². The van der Waals surface area contributed by atoms with Gasteiger partial charge in [-0.1, -0.05) is 11.6 Å². The predicted octanol–water partition coefficient (Wildman–Crippen LogP) is 4.11. The van der Waals surface area contributed by atoms with Crippen LogP contribution in [0.25, 0.3) is 0 Å². The lowest BCUT2D eigenvalue weighted by atomic mass is 10.1. The Labute approximate surface area is 127 Å². The number of hydrogen-bond acceptors (Lipinski definition) is 2. The number of benzene rings is 2. The maximum Gasteiger partial charge on any atom is 0.262 e. The molecule has 1 amide bonds. The number of nitrogens with one attached hydrogen (secondary N) is 1. The zero-order chi connectivity index (χ0) is 15.4. The molecule has 0 aromatic heterocycles. The van der Waals surface area contributed by atoms with Crippen LogP contribution in [0.15, 0.2) is 36.4 Å².